The van der Waals surface area contributed by atoms with E-state index in [0.29, 0.717) is 25.3 Å². The van der Waals surface area contributed by atoms with Gasteiger partial charge in [-0.05, 0) is 25.2 Å². The molecule has 1 saturated carbocycles. The molecule has 0 radical (unpaired) electrons. The zero-order valence-corrected chi connectivity index (χ0v) is 9.32. The van der Waals surface area contributed by atoms with Crippen LogP contribution in [0.15, 0.2) is 0 Å². The van der Waals surface area contributed by atoms with E-state index in [4.69, 9.17) is 10.8 Å². The van der Waals surface area contributed by atoms with E-state index < -0.39 is 11.5 Å². The van der Waals surface area contributed by atoms with Crippen LogP contribution in [0, 0.1) is 5.92 Å². The highest BCUT2D eigenvalue weighted by molar-refractivity contribution is 5.83. The Morgan fingerprint density at radius 3 is 2.56 bits per heavy atom. The van der Waals surface area contributed by atoms with Crippen molar-refractivity contribution in [3.8, 4) is 0 Å². The minimum Gasteiger partial charge on any atom is -0.480 e. The SMILES string of the molecule is NC1(C(=O)O)CCN(C(=O)CC2CCC2)C1. The van der Waals surface area contributed by atoms with Gasteiger partial charge in [0.1, 0.15) is 5.54 Å². The van der Waals surface area contributed by atoms with Gasteiger partial charge in [0, 0.05) is 19.5 Å². The Kier molecular flexibility index (Phi) is 2.88. The van der Waals surface area contributed by atoms with Gasteiger partial charge in [-0.1, -0.05) is 6.42 Å². The van der Waals surface area contributed by atoms with Crippen LogP contribution in [-0.2, 0) is 9.59 Å². The molecule has 1 aliphatic heterocycles. The molecule has 2 fully saturated rings. The van der Waals surface area contributed by atoms with Crippen molar-refractivity contribution in [2.75, 3.05) is 13.1 Å². The first-order valence-corrected chi connectivity index (χ1v) is 5.81. The van der Waals surface area contributed by atoms with E-state index in [2.05, 4.69) is 0 Å². The number of likely N-dealkylation sites (tertiary alicyclic amines) is 1. The Morgan fingerprint density at radius 1 is 1.44 bits per heavy atom. The van der Waals surface area contributed by atoms with E-state index in [1.807, 2.05) is 0 Å². The van der Waals surface area contributed by atoms with Crippen LogP contribution in [0.2, 0.25) is 0 Å². The van der Waals surface area contributed by atoms with Gasteiger partial charge in [-0.15, -0.1) is 0 Å². The molecule has 2 aliphatic rings. The second kappa shape index (κ2) is 4.05. The number of nitrogens with zero attached hydrogens (tertiary/aromatic N) is 1. The third-order valence-corrected chi connectivity index (χ3v) is 3.77. The molecule has 0 aromatic heterocycles. The average molecular weight is 226 g/mol. The van der Waals surface area contributed by atoms with Gasteiger partial charge in [-0.3, -0.25) is 9.59 Å². The van der Waals surface area contributed by atoms with E-state index in [1.165, 1.54) is 6.42 Å². The molecule has 0 spiro atoms. The minimum atomic E-state index is -1.23. The van der Waals surface area contributed by atoms with E-state index in [1.54, 1.807) is 4.90 Å². The zero-order valence-electron chi connectivity index (χ0n) is 9.32. The number of carbonyl (C=O) groups is 2. The summed E-state index contributed by atoms with van der Waals surface area (Å²) in [6, 6.07) is 0. The van der Waals surface area contributed by atoms with Gasteiger partial charge in [0.2, 0.25) is 5.91 Å². The highest BCUT2D eigenvalue weighted by atomic mass is 16.4. The number of aliphatic carboxylic acids is 1. The molecule has 1 aliphatic carbocycles. The molecule has 1 unspecified atom stereocenters. The molecule has 5 nitrogen and oxygen atoms in total. The molecule has 2 rings (SSSR count). The third-order valence-electron chi connectivity index (χ3n) is 3.77. The predicted octanol–water partition coefficient (Wildman–Crippen LogP) is 0.191. The van der Waals surface area contributed by atoms with Gasteiger partial charge in [0.15, 0.2) is 0 Å². The molecule has 3 N–H and O–H groups in total. The van der Waals surface area contributed by atoms with Crippen LogP contribution in [0.1, 0.15) is 32.1 Å². The molecule has 1 saturated heterocycles. The van der Waals surface area contributed by atoms with Crippen molar-refractivity contribution in [2.45, 2.75) is 37.6 Å². The molecule has 0 aromatic carbocycles. The normalized spacial score (nSPS) is 30.2. The molecule has 0 bridgehead atoms. The van der Waals surface area contributed by atoms with E-state index >= 15 is 0 Å². The first-order chi connectivity index (χ1) is 7.51. The lowest BCUT2D eigenvalue weighted by molar-refractivity contribution is -0.143. The number of amides is 1. The summed E-state index contributed by atoms with van der Waals surface area (Å²) >= 11 is 0. The predicted molar refractivity (Wildman–Crippen MR) is 57.7 cm³/mol. The van der Waals surface area contributed by atoms with Crippen LogP contribution >= 0.6 is 0 Å². The maximum Gasteiger partial charge on any atom is 0.325 e. The van der Waals surface area contributed by atoms with Crippen LogP contribution < -0.4 is 5.73 Å². The molecular weight excluding hydrogens is 208 g/mol. The van der Waals surface area contributed by atoms with Crippen molar-refractivity contribution in [2.24, 2.45) is 11.7 Å². The molecule has 90 valence electrons. The fourth-order valence-electron chi connectivity index (χ4n) is 2.29. The van der Waals surface area contributed by atoms with Gasteiger partial charge in [-0.25, -0.2) is 0 Å². The number of carboxylic acids is 1. The second-order valence-corrected chi connectivity index (χ2v) is 5.03. The lowest BCUT2D eigenvalue weighted by Gasteiger charge is -2.27. The lowest BCUT2D eigenvalue weighted by Crippen LogP contribution is -2.50. The Hall–Kier alpha value is -1.10. The number of carbonyl (C=O) groups excluding carboxylic acids is 1. The van der Waals surface area contributed by atoms with Crippen molar-refractivity contribution in [1.29, 1.82) is 0 Å². The smallest absolute Gasteiger partial charge is 0.325 e. The number of rotatable bonds is 3. The van der Waals surface area contributed by atoms with E-state index in [0.717, 1.165) is 12.8 Å². The first-order valence-electron chi connectivity index (χ1n) is 5.81. The highest BCUT2D eigenvalue weighted by Crippen LogP contribution is 2.31. The van der Waals surface area contributed by atoms with Crippen LogP contribution in [0.25, 0.3) is 0 Å². The summed E-state index contributed by atoms with van der Waals surface area (Å²) in [6.07, 6.45) is 4.40. The van der Waals surface area contributed by atoms with Crippen molar-refractivity contribution < 1.29 is 14.7 Å². The first kappa shape index (κ1) is 11.4. The summed E-state index contributed by atoms with van der Waals surface area (Å²) in [5.41, 5.74) is 4.49. The summed E-state index contributed by atoms with van der Waals surface area (Å²) in [4.78, 5) is 24.4. The Bertz CT molecular complexity index is 314. The molecule has 1 amide bonds. The van der Waals surface area contributed by atoms with Crippen LogP contribution in [0.3, 0.4) is 0 Å². The van der Waals surface area contributed by atoms with Crippen LogP contribution in [-0.4, -0.2) is 40.5 Å². The molecule has 1 atom stereocenters. The number of hydrogen-bond acceptors (Lipinski definition) is 3. The van der Waals surface area contributed by atoms with Gasteiger partial charge in [0.05, 0.1) is 0 Å². The molecular formula is C11H18N2O3. The molecule has 16 heavy (non-hydrogen) atoms. The molecule has 5 heteroatoms. The summed E-state index contributed by atoms with van der Waals surface area (Å²) in [6.45, 7) is 0.641. The standard InChI is InChI=1S/C11H18N2O3/c12-11(10(15)16)4-5-13(7-11)9(14)6-8-2-1-3-8/h8H,1-7,12H2,(H,15,16). The van der Waals surface area contributed by atoms with Gasteiger partial charge >= 0.3 is 5.97 Å². The monoisotopic (exact) mass is 226 g/mol. The summed E-state index contributed by atoms with van der Waals surface area (Å²) in [5, 5.41) is 8.95. The van der Waals surface area contributed by atoms with Gasteiger partial charge in [0.25, 0.3) is 0 Å². The van der Waals surface area contributed by atoms with Gasteiger partial charge < -0.3 is 15.7 Å². The maximum absolute atomic E-state index is 11.8. The Labute approximate surface area is 94.6 Å². The van der Waals surface area contributed by atoms with E-state index in [9.17, 15) is 9.59 Å². The van der Waals surface area contributed by atoms with Crippen molar-refractivity contribution >= 4 is 11.9 Å². The summed E-state index contributed by atoms with van der Waals surface area (Å²) < 4.78 is 0. The van der Waals surface area contributed by atoms with E-state index in [-0.39, 0.29) is 12.5 Å². The van der Waals surface area contributed by atoms with Crippen molar-refractivity contribution in [3.63, 3.8) is 0 Å². The highest BCUT2D eigenvalue weighted by Gasteiger charge is 2.43. The number of nitrogens with two attached hydrogens (primary N) is 1. The number of carboxylic acid groups (broad SMARTS) is 1. The Morgan fingerprint density at radius 2 is 2.12 bits per heavy atom. The third kappa shape index (κ3) is 2.04. The minimum absolute atomic E-state index is 0.0678. The van der Waals surface area contributed by atoms with Crippen LogP contribution in [0.5, 0.6) is 0 Å². The summed E-state index contributed by atoms with van der Waals surface area (Å²) in [7, 11) is 0. The van der Waals surface area contributed by atoms with Gasteiger partial charge in [-0.2, -0.15) is 0 Å². The van der Waals surface area contributed by atoms with Crippen molar-refractivity contribution in [3.05, 3.63) is 0 Å². The maximum atomic E-state index is 11.8. The summed E-state index contributed by atoms with van der Waals surface area (Å²) in [5.74, 6) is -0.421. The lowest BCUT2D eigenvalue weighted by atomic mass is 9.83. The number of hydrogen-bond donors (Lipinski definition) is 2. The van der Waals surface area contributed by atoms with Crippen LogP contribution in [0.4, 0.5) is 0 Å². The quantitative estimate of drug-likeness (QED) is 0.719. The molecule has 0 aromatic rings. The zero-order chi connectivity index (χ0) is 11.8. The fraction of sp³-hybridized carbons (Fsp3) is 0.818. The molecule has 1 heterocycles. The topological polar surface area (TPSA) is 83.6 Å². The average Bonchev–Trinajstić information content (AvgIpc) is 2.56. The van der Waals surface area contributed by atoms with Crippen molar-refractivity contribution in [1.82, 2.24) is 4.90 Å². The second-order valence-electron chi connectivity index (χ2n) is 5.03. The Balaban J connectivity index is 1.87. The fourth-order valence-corrected chi connectivity index (χ4v) is 2.29. The largest absolute Gasteiger partial charge is 0.480 e.